The number of carbonyl (C=O) groups excluding carboxylic acids is 2. The van der Waals surface area contributed by atoms with Gasteiger partial charge in [0.25, 0.3) is 0 Å². The fraction of sp³-hybridized carbons (Fsp3) is 0.667. The molecule has 0 bridgehead atoms. The average molecular weight is 757 g/mol. The molecule has 3 aliphatic rings. The van der Waals surface area contributed by atoms with E-state index < -0.39 is 47.5 Å². The normalized spacial score (nSPS) is 32.0. The van der Waals surface area contributed by atoms with Crippen molar-refractivity contribution in [2.45, 2.75) is 135 Å². The van der Waals surface area contributed by atoms with Crippen LogP contribution in [0.2, 0.25) is 0 Å². The Morgan fingerprint density at radius 3 is 2.48 bits per heavy atom. The third-order valence-corrected chi connectivity index (χ3v) is 11.0. The van der Waals surface area contributed by atoms with Crippen LogP contribution in [0.25, 0.3) is 0 Å². The van der Waals surface area contributed by atoms with Crippen LogP contribution in [0.4, 0.5) is 5.69 Å². The van der Waals surface area contributed by atoms with E-state index in [2.05, 4.69) is 48.3 Å². The average Bonchev–Trinajstić information content (AvgIpc) is 3.92. The van der Waals surface area contributed by atoms with E-state index in [4.69, 9.17) is 23.7 Å². The summed E-state index contributed by atoms with van der Waals surface area (Å²) in [5, 5.41) is 37.3. The van der Waals surface area contributed by atoms with Crippen molar-refractivity contribution in [2.75, 3.05) is 38.3 Å². The van der Waals surface area contributed by atoms with Gasteiger partial charge in [-0.05, 0) is 69.4 Å². The minimum atomic E-state index is -1.46. The molecular weight excluding hydrogens is 692 g/mol. The zero-order valence-corrected chi connectivity index (χ0v) is 33.4. The number of hydrogen-bond acceptors (Lipinski definition) is 12. The number of ether oxygens (including phenoxy) is 5. The monoisotopic (exact) mass is 756 g/mol. The van der Waals surface area contributed by atoms with Gasteiger partial charge in [-0.15, -0.1) is 0 Å². The molecule has 4 rings (SSSR count). The van der Waals surface area contributed by atoms with Crippen molar-refractivity contribution in [1.82, 2.24) is 5.32 Å². The second-order valence-corrected chi connectivity index (χ2v) is 15.7. The summed E-state index contributed by atoms with van der Waals surface area (Å²) in [6, 6.07) is 7.99. The predicted molar refractivity (Wildman–Crippen MR) is 207 cm³/mol. The standard InChI is InChI=1S/C42H64N2O10/c1-9-34(50-8)29(4)38-39(54-38)40(43-26-31-13-15-32(16-14-31)44-21-23-51-24-22-44)42(7,49)19-10-11-27(2)37-28(3)12-17-35(52-30(5)45)41(6,48)20-18-33(46)25-36(47)53-37/h10-17,19,28-29,33-35,37-40,43,46,48-49H,9,18,20-26H2,1-8H3/b17-12+,19-10+,27-11+/t28-,29+,33+,34-,35-,37-,38+,39-,40?,41+,42?/m0/s1. The van der Waals surface area contributed by atoms with Crippen molar-refractivity contribution < 1.29 is 48.6 Å². The molecule has 2 saturated heterocycles. The molecular formula is C42H64N2O10. The number of rotatable bonds is 14. The highest BCUT2D eigenvalue weighted by atomic mass is 16.6. The lowest BCUT2D eigenvalue weighted by molar-refractivity contribution is -0.157. The van der Waals surface area contributed by atoms with Crippen LogP contribution in [-0.4, -0.2) is 115 Å². The van der Waals surface area contributed by atoms with E-state index in [1.165, 1.54) is 6.92 Å². The Morgan fingerprint density at radius 2 is 1.85 bits per heavy atom. The van der Waals surface area contributed by atoms with Gasteiger partial charge in [0.05, 0.1) is 49.6 Å². The van der Waals surface area contributed by atoms with Crippen molar-refractivity contribution in [1.29, 1.82) is 0 Å². The number of benzene rings is 1. The number of hydrogen-bond donors (Lipinski definition) is 4. The number of anilines is 1. The maximum absolute atomic E-state index is 12.9. The number of nitrogens with zero attached hydrogens (tertiary/aromatic N) is 1. The Labute approximate surface area is 321 Å². The smallest absolute Gasteiger partial charge is 0.309 e. The van der Waals surface area contributed by atoms with Gasteiger partial charge >= 0.3 is 11.9 Å². The highest BCUT2D eigenvalue weighted by Crippen LogP contribution is 2.39. The Balaban J connectivity index is 1.55. The Hall–Kier alpha value is -3.10. The number of aliphatic hydroxyl groups is 3. The number of allylic oxidation sites excluding steroid dienone is 2. The first-order valence-corrected chi connectivity index (χ1v) is 19.4. The van der Waals surface area contributed by atoms with Gasteiger partial charge in [0.2, 0.25) is 0 Å². The third-order valence-electron chi connectivity index (χ3n) is 11.0. The van der Waals surface area contributed by atoms with Crippen molar-refractivity contribution in [3.8, 4) is 0 Å². The van der Waals surface area contributed by atoms with Gasteiger partial charge in [-0.2, -0.15) is 0 Å². The molecule has 302 valence electrons. The Kier molecular flexibility index (Phi) is 15.9. The molecule has 0 spiro atoms. The first kappa shape index (κ1) is 43.6. The quantitative estimate of drug-likeness (QED) is 0.0920. The fourth-order valence-electron chi connectivity index (χ4n) is 7.54. The molecule has 11 atom stereocenters. The number of carbonyl (C=O) groups is 2. The molecule has 1 aromatic rings. The minimum absolute atomic E-state index is 0.0284. The van der Waals surface area contributed by atoms with Gasteiger partial charge in [-0.1, -0.05) is 57.2 Å². The maximum atomic E-state index is 12.9. The summed E-state index contributed by atoms with van der Waals surface area (Å²) < 4.78 is 28.8. The van der Waals surface area contributed by atoms with Gasteiger partial charge in [0.1, 0.15) is 23.9 Å². The largest absolute Gasteiger partial charge is 0.457 e. The van der Waals surface area contributed by atoms with Crippen LogP contribution in [0.1, 0.15) is 79.7 Å². The SMILES string of the molecule is CC[C@H](OC)[C@@H](C)[C@H]1O[C@@H]1C(NCc1ccc(N2CCOCC2)cc1)C(C)(O)/C=C/C=C(\C)[C@@H]1OC(=O)C[C@H](O)CC[C@@](C)(O)[C@@H](OC(C)=O)/C=C/[C@@H]1C. The number of methoxy groups -OCH3 is 1. The Morgan fingerprint density at radius 1 is 1.17 bits per heavy atom. The van der Waals surface area contributed by atoms with Gasteiger partial charge < -0.3 is 49.2 Å². The topological polar surface area (TPSA) is 160 Å². The van der Waals surface area contributed by atoms with E-state index in [0.717, 1.165) is 44.0 Å². The van der Waals surface area contributed by atoms with Crippen LogP contribution in [0, 0.1) is 11.8 Å². The van der Waals surface area contributed by atoms with Crippen molar-refractivity contribution in [3.63, 3.8) is 0 Å². The van der Waals surface area contributed by atoms with Crippen molar-refractivity contribution in [2.24, 2.45) is 11.8 Å². The van der Waals surface area contributed by atoms with Crippen molar-refractivity contribution >= 4 is 17.6 Å². The van der Waals surface area contributed by atoms with Crippen LogP contribution in [0.15, 0.2) is 60.2 Å². The minimum Gasteiger partial charge on any atom is -0.457 e. The summed E-state index contributed by atoms with van der Waals surface area (Å²) in [4.78, 5) is 27.1. The summed E-state index contributed by atoms with van der Waals surface area (Å²) in [6.07, 6.45) is 6.43. The van der Waals surface area contributed by atoms with E-state index in [1.54, 1.807) is 51.3 Å². The van der Waals surface area contributed by atoms with E-state index in [0.29, 0.717) is 12.1 Å². The van der Waals surface area contributed by atoms with Gasteiger partial charge in [-0.25, -0.2) is 0 Å². The van der Waals surface area contributed by atoms with Crippen molar-refractivity contribution in [3.05, 3.63) is 65.8 Å². The van der Waals surface area contributed by atoms with E-state index in [1.807, 2.05) is 13.8 Å². The summed E-state index contributed by atoms with van der Waals surface area (Å²) >= 11 is 0. The van der Waals surface area contributed by atoms with Crippen LogP contribution in [0.3, 0.4) is 0 Å². The molecule has 3 aliphatic heterocycles. The summed E-state index contributed by atoms with van der Waals surface area (Å²) in [5.74, 6) is -1.37. The molecule has 0 saturated carbocycles. The summed E-state index contributed by atoms with van der Waals surface area (Å²) in [6.45, 7) is 16.2. The molecule has 12 heteroatoms. The first-order chi connectivity index (χ1) is 25.6. The number of epoxide rings is 1. The fourth-order valence-corrected chi connectivity index (χ4v) is 7.54. The molecule has 2 fully saturated rings. The summed E-state index contributed by atoms with van der Waals surface area (Å²) in [5.41, 5.74) is 0.125. The lowest BCUT2D eigenvalue weighted by Crippen LogP contribution is -2.52. The Bertz CT molecular complexity index is 1450. The highest BCUT2D eigenvalue weighted by molar-refractivity contribution is 5.70. The van der Waals surface area contributed by atoms with Crippen LogP contribution < -0.4 is 10.2 Å². The van der Waals surface area contributed by atoms with Crippen LogP contribution in [0.5, 0.6) is 0 Å². The zero-order chi connectivity index (χ0) is 39.6. The number of morpholine rings is 1. The lowest BCUT2D eigenvalue weighted by Gasteiger charge is -2.32. The second-order valence-electron chi connectivity index (χ2n) is 15.7. The number of aliphatic hydroxyl groups excluding tert-OH is 1. The predicted octanol–water partition coefficient (Wildman–Crippen LogP) is 4.40. The van der Waals surface area contributed by atoms with Gasteiger partial charge in [0, 0.05) is 51.2 Å². The second kappa shape index (κ2) is 19.7. The number of cyclic esters (lactones) is 1. The maximum Gasteiger partial charge on any atom is 0.309 e. The molecule has 1 aromatic carbocycles. The van der Waals surface area contributed by atoms with E-state index in [9.17, 15) is 24.9 Å². The van der Waals surface area contributed by atoms with Crippen LogP contribution in [-0.2, 0) is 39.8 Å². The molecule has 0 amide bonds. The number of nitrogens with one attached hydrogen (secondary N) is 1. The molecule has 54 heavy (non-hydrogen) atoms. The zero-order valence-electron chi connectivity index (χ0n) is 33.4. The molecule has 2 unspecified atom stereocenters. The molecule has 0 radical (unpaired) electrons. The lowest BCUT2D eigenvalue weighted by atomic mass is 9.87. The molecule has 3 heterocycles. The molecule has 0 aromatic heterocycles. The first-order valence-electron chi connectivity index (χ1n) is 19.4. The van der Waals surface area contributed by atoms with E-state index >= 15 is 0 Å². The van der Waals surface area contributed by atoms with Gasteiger partial charge in [-0.3, -0.25) is 9.59 Å². The van der Waals surface area contributed by atoms with Crippen LogP contribution >= 0.6 is 0 Å². The number of esters is 2. The highest BCUT2D eigenvalue weighted by Gasteiger charge is 2.54. The van der Waals surface area contributed by atoms with Gasteiger partial charge in [0.15, 0.2) is 0 Å². The molecule has 4 N–H and O–H groups in total. The third kappa shape index (κ3) is 12.2. The molecule has 0 aliphatic carbocycles. The van der Waals surface area contributed by atoms with E-state index in [-0.39, 0.29) is 49.4 Å². The summed E-state index contributed by atoms with van der Waals surface area (Å²) in [7, 11) is 1.71. The molecule has 12 nitrogen and oxygen atoms in total.